The number of rotatable bonds is 3. The van der Waals surface area contributed by atoms with Crippen LogP contribution in [-0.4, -0.2) is 23.9 Å². The molecule has 0 N–H and O–H groups in total. The highest BCUT2D eigenvalue weighted by Gasteiger charge is 2.39. The Morgan fingerprint density at radius 1 is 1.25 bits per heavy atom. The molecule has 1 aromatic carbocycles. The lowest BCUT2D eigenvalue weighted by atomic mass is 9.99. The van der Waals surface area contributed by atoms with Gasteiger partial charge >= 0.3 is 0 Å². The smallest absolute Gasteiger partial charge is 0.240 e. The van der Waals surface area contributed by atoms with E-state index in [1.807, 2.05) is 35.2 Å². The Hall–Kier alpha value is -1.82. The van der Waals surface area contributed by atoms with Crippen LogP contribution in [0.4, 0.5) is 0 Å². The van der Waals surface area contributed by atoms with E-state index in [1.54, 1.807) is 0 Å². The third-order valence-electron chi connectivity index (χ3n) is 4.77. The molecule has 0 bridgehead atoms. The summed E-state index contributed by atoms with van der Waals surface area (Å²) in [6, 6.07) is 12.0. The van der Waals surface area contributed by atoms with Crippen molar-refractivity contribution in [1.82, 2.24) is 4.90 Å². The van der Waals surface area contributed by atoms with E-state index < -0.39 is 5.92 Å². The molecule has 0 spiro atoms. The fourth-order valence-electron chi connectivity index (χ4n) is 3.67. The summed E-state index contributed by atoms with van der Waals surface area (Å²) in [4.78, 5) is 14.5. The molecule has 0 aromatic heterocycles. The zero-order chi connectivity index (χ0) is 13.9. The van der Waals surface area contributed by atoms with Crippen molar-refractivity contribution >= 4 is 5.91 Å². The van der Waals surface area contributed by atoms with Gasteiger partial charge in [-0.1, -0.05) is 36.8 Å². The number of amides is 1. The Labute approximate surface area is 120 Å². The van der Waals surface area contributed by atoms with Gasteiger partial charge in [0.2, 0.25) is 5.91 Å². The zero-order valence-electron chi connectivity index (χ0n) is 11.7. The molecule has 3 unspecified atom stereocenters. The van der Waals surface area contributed by atoms with Crippen LogP contribution in [0.2, 0.25) is 0 Å². The monoisotopic (exact) mass is 268 g/mol. The molecule has 1 saturated carbocycles. The van der Waals surface area contributed by atoms with Gasteiger partial charge in [0, 0.05) is 13.1 Å². The van der Waals surface area contributed by atoms with E-state index in [9.17, 15) is 10.1 Å². The van der Waals surface area contributed by atoms with E-state index in [1.165, 1.54) is 19.3 Å². The van der Waals surface area contributed by atoms with Crippen molar-refractivity contribution < 1.29 is 4.79 Å². The number of fused-ring (bicyclic) bond motifs is 1. The molecule has 0 radical (unpaired) electrons. The van der Waals surface area contributed by atoms with Gasteiger partial charge in [0.15, 0.2) is 0 Å². The summed E-state index contributed by atoms with van der Waals surface area (Å²) >= 11 is 0. The number of benzene rings is 1. The van der Waals surface area contributed by atoms with E-state index in [2.05, 4.69) is 6.07 Å². The Bertz CT molecular complexity index is 508. The van der Waals surface area contributed by atoms with Gasteiger partial charge < -0.3 is 4.90 Å². The molecule has 1 aromatic rings. The number of nitriles is 1. The molecular formula is C17H20N2O. The normalized spacial score (nSPS) is 26.1. The van der Waals surface area contributed by atoms with Gasteiger partial charge in [0.05, 0.1) is 6.07 Å². The van der Waals surface area contributed by atoms with Crippen molar-refractivity contribution in [2.75, 3.05) is 13.1 Å². The Kier molecular flexibility index (Phi) is 3.73. The van der Waals surface area contributed by atoms with Gasteiger partial charge in [-0.05, 0) is 36.7 Å². The molecule has 3 heteroatoms. The molecule has 3 rings (SSSR count). The van der Waals surface area contributed by atoms with Crippen LogP contribution in [-0.2, 0) is 11.2 Å². The summed E-state index contributed by atoms with van der Waals surface area (Å²) in [7, 11) is 0. The largest absolute Gasteiger partial charge is 0.341 e. The maximum Gasteiger partial charge on any atom is 0.240 e. The minimum Gasteiger partial charge on any atom is -0.341 e. The predicted molar refractivity (Wildman–Crippen MR) is 76.7 cm³/mol. The van der Waals surface area contributed by atoms with Gasteiger partial charge in [-0.3, -0.25) is 4.79 Å². The molecule has 1 aliphatic carbocycles. The summed E-state index contributed by atoms with van der Waals surface area (Å²) in [6.45, 7) is 1.74. The number of carbonyl (C=O) groups excluding carboxylic acids is 1. The first kappa shape index (κ1) is 13.2. The number of likely N-dealkylation sites (tertiary alicyclic amines) is 1. The number of hydrogen-bond acceptors (Lipinski definition) is 2. The molecule has 20 heavy (non-hydrogen) atoms. The van der Waals surface area contributed by atoms with E-state index in [0.29, 0.717) is 18.3 Å². The van der Waals surface area contributed by atoms with Crippen LogP contribution in [0.3, 0.4) is 0 Å². The first-order valence-electron chi connectivity index (χ1n) is 7.50. The van der Waals surface area contributed by atoms with E-state index in [4.69, 9.17) is 0 Å². The molecule has 3 atom stereocenters. The van der Waals surface area contributed by atoms with Crippen LogP contribution >= 0.6 is 0 Å². The predicted octanol–water partition coefficient (Wildman–Crippen LogP) is 2.63. The third kappa shape index (κ3) is 2.56. The van der Waals surface area contributed by atoms with Crippen LogP contribution in [0, 0.1) is 29.1 Å². The number of nitrogens with zero attached hydrogens (tertiary/aromatic N) is 2. The Balaban J connectivity index is 1.65. The molecule has 2 fully saturated rings. The number of carbonyl (C=O) groups is 1. The molecule has 104 valence electrons. The Morgan fingerprint density at radius 2 is 1.90 bits per heavy atom. The SMILES string of the molecule is N#CC(Cc1ccccc1)C(=O)N1CC2CCCC2C1. The van der Waals surface area contributed by atoms with Crippen molar-refractivity contribution in [2.45, 2.75) is 25.7 Å². The minimum atomic E-state index is -0.531. The first-order chi connectivity index (χ1) is 9.78. The molecule has 1 aliphatic heterocycles. The third-order valence-corrected chi connectivity index (χ3v) is 4.77. The van der Waals surface area contributed by atoms with E-state index in [0.717, 1.165) is 18.7 Å². The lowest BCUT2D eigenvalue weighted by Gasteiger charge is -2.20. The fraction of sp³-hybridized carbons (Fsp3) is 0.529. The molecular weight excluding hydrogens is 248 g/mol. The van der Waals surface area contributed by atoms with Crippen molar-refractivity contribution in [3.63, 3.8) is 0 Å². The fourth-order valence-corrected chi connectivity index (χ4v) is 3.67. The first-order valence-corrected chi connectivity index (χ1v) is 7.50. The van der Waals surface area contributed by atoms with Crippen molar-refractivity contribution in [3.05, 3.63) is 35.9 Å². The van der Waals surface area contributed by atoms with Crippen molar-refractivity contribution in [1.29, 1.82) is 5.26 Å². The molecule has 1 heterocycles. The number of hydrogen-bond donors (Lipinski definition) is 0. The van der Waals surface area contributed by atoms with E-state index in [-0.39, 0.29) is 5.91 Å². The highest BCUT2D eigenvalue weighted by molar-refractivity contribution is 5.81. The quantitative estimate of drug-likeness (QED) is 0.846. The summed E-state index contributed by atoms with van der Waals surface area (Å²) in [6.07, 6.45) is 4.35. The van der Waals surface area contributed by atoms with Crippen LogP contribution in [0.15, 0.2) is 30.3 Å². The zero-order valence-corrected chi connectivity index (χ0v) is 11.7. The maximum atomic E-state index is 12.5. The average molecular weight is 268 g/mol. The van der Waals surface area contributed by atoms with Crippen LogP contribution in [0.25, 0.3) is 0 Å². The summed E-state index contributed by atoms with van der Waals surface area (Å²) in [5, 5.41) is 9.32. The van der Waals surface area contributed by atoms with E-state index >= 15 is 0 Å². The molecule has 1 amide bonds. The highest BCUT2D eigenvalue weighted by Crippen LogP contribution is 2.38. The lowest BCUT2D eigenvalue weighted by molar-refractivity contribution is -0.133. The second-order valence-electron chi connectivity index (χ2n) is 6.07. The van der Waals surface area contributed by atoms with Crippen LogP contribution < -0.4 is 0 Å². The van der Waals surface area contributed by atoms with Crippen molar-refractivity contribution in [3.8, 4) is 6.07 Å². The lowest BCUT2D eigenvalue weighted by Crippen LogP contribution is -2.35. The Morgan fingerprint density at radius 3 is 2.50 bits per heavy atom. The van der Waals surface area contributed by atoms with Crippen molar-refractivity contribution in [2.24, 2.45) is 17.8 Å². The topological polar surface area (TPSA) is 44.1 Å². The molecule has 3 nitrogen and oxygen atoms in total. The minimum absolute atomic E-state index is 0.0331. The molecule has 2 aliphatic rings. The van der Waals surface area contributed by atoms with Gasteiger partial charge in [-0.15, -0.1) is 0 Å². The molecule has 1 saturated heterocycles. The highest BCUT2D eigenvalue weighted by atomic mass is 16.2. The van der Waals surface area contributed by atoms with Gasteiger partial charge in [0.25, 0.3) is 0 Å². The van der Waals surface area contributed by atoms with Gasteiger partial charge in [-0.25, -0.2) is 0 Å². The summed E-state index contributed by atoms with van der Waals surface area (Å²) in [5.74, 6) is 0.881. The van der Waals surface area contributed by atoms with Gasteiger partial charge in [0.1, 0.15) is 5.92 Å². The standard InChI is InChI=1S/C17H20N2O/c18-10-16(9-13-5-2-1-3-6-13)17(20)19-11-14-7-4-8-15(14)12-19/h1-3,5-6,14-16H,4,7-9,11-12H2. The summed E-state index contributed by atoms with van der Waals surface area (Å²) < 4.78 is 0. The maximum absolute atomic E-state index is 12.5. The second-order valence-corrected chi connectivity index (χ2v) is 6.07. The summed E-state index contributed by atoms with van der Waals surface area (Å²) in [5.41, 5.74) is 1.06. The van der Waals surface area contributed by atoms with Crippen LogP contribution in [0.1, 0.15) is 24.8 Å². The van der Waals surface area contributed by atoms with Gasteiger partial charge in [-0.2, -0.15) is 5.26 Å². The van der Waals surface area contributed by atoms with Crippen LogP contribution in [0.5, 0.6) is 0 Å². The average Bonchev–Trinajstić information content (AvgIpc) is 3.06. The second kappa shape index (κ2) is 5.66.